The minimum atomic E-state index is -4.44. The molecule has 24 heavy (non-hydrogen) atoms. The highest BCUT2D eigenvalue weighted by atomic mass is 19.4. The number of anilines is 1. The first-order valence-corrected chi connectivity index (χ1v) is 7.60. The second-order valence-electron chi connectivity index (χ2n) is 6.84. The van der Waals surface area contributed by atoms with Gasteiger partial charge in [0.25, 0.3) is 0 Å². The number of nitrogens with zero attached hydrogens (tertiary/aromatic N) is 1. The highest BCUT2D eigenvalue weighted by Crippen LogP contribution is 2.38. The van der Waals surface area contributed by atoms with E-state index in [-0.39, 0.29) is 11.1 Å². The summed E-state index contributed by atoms with van der Waals surface area (Å²) < 4.78 is 49.3. The first-order valence-electron chi connectivity index (χ1n) is 7.60. The van der Waals surface area contributed by atoms with Crippen molar-refractivity contribution in [3.8, 4) is 0 Å². The van der Waals surface area contributed by atoms with Gasteiger partial charge in [0.2, 0.25) is 0 Å². The predicted octanol–water partition coefficient (Wildman–Crippen LogP) is 3.32. The molecule has 0 saturated carbocycles. The molecule has 2 aliphatic heterocycles. The Balaban J connectivity index is 1.56. The fraction of sp³-hybridized carbons (Fsp3) is 0.562. The van der Waals surface area contributed by atoms with E-state index in [4.69, 9.17) is 9.47 Å². The zero-order valence-electron chi connectivity index (χ0n) is 13.4. The molecule has 0 aromatic heterocycles. The standard InChI is InChI=1S/C16H19F3N2O3/c1-14(2)23-9-15(10-24-14)7-21(8-15)13(22)20-12-5-3-4-11(6-12)16(17,18)19/h3-6H,7-10H2,1-2H3,(H,20,22). The summed E-state index contributed by atoms with van der Waals surface area (Å²) in [4.78, 5) is 13.7. The van der Waals surface area contributed by atoms with Crippen molar-refractivity contribution >= 4 is 11.7 Å². The van der Waals surface area contributed by atoms with Crippen LogP contribution in [-0.4, -0.2) is 43.0 Å². The number of likely N-dealkylation sites (tertiary alicyclic amines) is 1. The van der Waals surface area contributed by atoms with Crippen molar-refractivity contribution in [3.63, 3.8) is 0 Å². The molecular weight excluding hydrogens is 325 g/mol. The van der Waals surface area contributed by atoms with Gasteiger partial charge in [0.1, 0.15) is 0 Å². The molecule has 8 heteroatoms. The molecule has 2 saturated heterocycles. The van der Waals surface area contributed by atoms with Crippen LogP contribution in [0.15, 0.2) is 24.3 Å². The van der Waals surface area contributed by atoms with E-state index in [0.717, 1.165) is 12.1 Å². The maximum Gasteiger partial charge on any atom is 0.416 e. The Hall–Kier alpha value is -1.80. The summed E-state index contributed by atoms with van der Waals surface area (Å²) in [6, 6.07) is 4.15. The van der Waals surface area contributed by atoms with E-state index in [9.17, 15) is 18.0 Å². The molecule has 2 heterocycles. The summed E-state index contributed by atoms with van der Waals surface area (Å²) in [7, 11) is 0. The van der Waals surface area contributed by atoms with Crippen molar-refractivity contribution in [1.29, 1.82) is 0 Å². The number of ether oxygens (including phenoxy) is 2. The molecule has 1 N–H and O–H groups in total. The Morgan fingerprint density at radius 1 is 1.21 bits per heavy atom. The molecule has 5 nitrogen and oxygen atoms in total. The third-order valence-electron chi connectivity index (χ3n) is 4.23. The van der Waals surface area contributed by atoms with E-state index in [2.05, 4.69) is 5.32 Å². The Bertz CT molecular complexity index is 628. The van der Waals surface area contributed by atoms with Crippen LogP contribution in [0.2, 0.25) is 0 Å². The Labute approximate surface area is 137 Å². The number of hydrogen-bond acceptors (Lipinski definition) is 3. The van der Waals surface area contributed by atoms with Gasteiger partial charge in [0.05, 0.1) is 24.2 Å². The zero-order valence-corrected chi connectivity index (χ0v) is 13.4. The van der Waals surface area contributed by atoms with Crippen LogP contribution < -0.4 is 5.32 Å². The van der Waals surface area contributed by atoms with Crippen LogP contribution in [0.5, 0.6) is 0 Å². The molecule has 2 fully saturated rings. The number of hydrogen-bond donors (Lipinski definition) is 1. The van der Waals surface area contributed by atoms with Crippen molar-refractivity contribution in [3.05, 3.63) is 29.8 Å². The minimum Gasteiger partial charge on any atom is -0.350 e. The SMILES string of the molecule is CC1(C)OCC2(CO1)CN(C(=O)Nc1cccc(C(F)(F)F)c1)C2. The number of benzene rings is 1. The van der Waals surface area contributed by atoms with Gasteiger partial charge in [0, 0.05) is 18.8 Å². The first-order chi connectivity index (χ1) is 11.1. The molecule has 1 spiro atoms. The van der Waals surface area contributed by atoms with Gasteiger partial charge >= 0.3 is 12.2 Å². The summed E-state index contributed by atoms with van der Waals surface area (Å²) in [6.07, 6.45) is -4.44. The molecule has 0 atom stereocenters. The second-order valence-corrected chi connectivity index (χ2v) is 6.84. The highest BCUT2D eigenvalue weighted by Gasteiger charge is 2.50. The van der Waals surface area contributed by atoms with Gasteiger partial charge in [-0.15, -0.1) is 0 Å². The summed E-state index contributed by atoms with van der Waals surface area (Å²) in [5, 5.41) is 2.50. The van der Waals surface area contributed by atoms with Crippen LogP contribution in [0.4, 0.5) is 23.7 Å². The summed E-state index contributed by atoms with van der Waals surface area (Å²) in [5.41, 5.74) is -0.898. The number of rotatable bonds is 1. The molecular formula is C16H19F3N2O3. The molecule has 0 unspecified atom stereocenters. The first kappa shape index (κ1) is 17.0. The quantitative estimate of drug-likeness (QED) is 0.850. The average molecular weight is 344 g/mol. The number of urea groups is 1. The van der Waals surface area contributed by atoms with Crippen molar-refractivity contribution in [2.24, 2.45) is 5.41 Å². The highest BCUT2D eigenvalue weighted by molar-refractivity contribution is 5.90. The van der Waals surface area contributed by atoms with Gasteiger partial charge in [0.15, 0.2) is 5.79 Å². The number of alkyl halides is 3. The Kier molecular flexibility index (Phi) is 4.00. The van der Waals surface area contributed by atoms with Crippen molar-refractivity contribution in [2.45, 2.75) is 25.8 Å². The number of amides is 2. The average Bonchev–Trinajstić information content (AvgIpc) is 2.44. The molecule has 1 aromatic carbocycles. The topological polar surface area (TPSA) is 50.8 Å². The monoisotopic (exact) mass is 344 g/mol. The van der Waals surface area contributed by atoms with E-state index in [1.165, 1.54) is 17.0 Å². The maximum atomic E-state index is 12.7. The number of halogens is 3. The van der Waals surface area contributed by atoms with Gasteiger partial charge in [-0.3, -0.25) is 0 Å². The summed E-state index contributed by atoms with van der Waals surface area (Å²) >= 11 is 0. The lowest BCUT2D eigenvalue weighted by molar-refractivity contribution is -0.301. The molecule has 0 radical (unpaired) electrons. The predicted molar refractivity (Wildman–Crippen MR) is 80.5 cm³/mol. The lowest BCUT2D eigenvalue weighted by Gasteiger charge is -2.53. The molecule has 3 rings (SSSR count). The van der Waals surface area contributed by atoms with E-state index < -0.39 is 23.6 Å². The minimum absolute atomic E-state index is 0.119. The number of carbonyl (C=O) groups is 1. The van der Waals surface area contributed by atoms with Gasteiger partial charge < -0.3 is 19.7 Å². The number of carbonyl (C=O) groups excluding carboxylic acids is 1. The lowest BCUT2D eigenvalue weighted by atomic mass is 9.81. The van der Waals surface area contributed by atoms with Crippen LogP contribution in [0, 0.1) is 5.41 Å². The molecule has 1 aromatic rings. The zero-order chi connectivity index (χ0) is 17.6. The maximum absolute atomic E-state index is 12.7. The fourth-order valence-electron chi connectivity index (χ4n) is 2.80. The van der Waals surface area contributed by atoms with Crippen molar-refractivity contribution in [2.75, 3.05) is 31.6 Å². The Morgan fingerprint density at radius 2 is 1.83 bits per heavy atom. The molecule has 132 valence electrons. The van der Waals surface area contributed by atoms with Crippen LogP contribution >= 0.6 is 0 Å². The second kappa shape index (κ2) is 5.63. The third-order valence-corrected chi connectivity index (χ3v) is 4.23. The van der Waals surface area contributed by atoms with Gasteiger partial charge in [-0.25, -0.2) is 4.79 Å². The van der Waals surface area contributed by atoms with E-state index >= 15 is 0 Å². The van der Waals surface area contributed by atoms with Gasteiger partial charge in [-0.1, -0.05) is 6.07 Å². The normalized spacial score (nSPS) is 22.1. The van der Waals surface area contributed by atoms with Crippen LogP contribution in [0.25, 0.3) is 0 Å². The molecule has 0 bridgehead atoms. The molecule has 0 aliphatic carbocycles. The molecule has 2 aliphatic rings. The van der Waals surface area contributed by atoms with Crippen molar-refractivity contribution in [1.82, 2.24) is 4.90 Å². The smallest absolute Gasteiger partial charge is 0.350 e. The van der Waals surface area contributed by atoms with Crippen LogP contribution in [-0.2, 0) is 15.7 Å². The Morgan fingerprint density at radius 3 is 2.42 bits per heavy atom. The number of nitrogens with one attached hydrogen (secondary N) is 1. The largest absolute Gasteiger partial charge is 0.416 e. The van der Waals surface area contributed by atoms with Crippen molar-refractivity contribution < 1.29 is 27.4 Å². The van der Waals surface area contributed by atoms with Gasteiger partial charge in [-0.05, 0) is 32.0 Å². The lowest BCUT2D eigenvalue weighted by Crippen LogP contribution is -2.66. The summed E-state index contributed by atoms with van der Waals surface area (Å²) in [5.74, 6) is -0.619. The molecule has 2 amide bonds. The van der Waals surface area contributed by atoms with E-state index in [1.807, 2.05) is 13.8 Å². The van der Waals surface area contributed by atoms with E-state index in [0.29, 0.717) is 26.3 Å². The summed E-state index contributed by atoms with van der Waals surface area (Å²) in [6.45, 7) is 5.55. The fourth-order valence-corrected chi connectivity index (χ4v) is 2.80. The van der Waals surface area contributed by atoms with Gasteiger partial charge in [-0.2, -0.15) is 13.2 Å². The third kappa shape index (κ3) is 3.49. The van der Waals surface area contributed by atoms with E-state index in [1.54, 1.807) is 0 Å². The van der Waals surface area contributed by atoms with Crippen LogP contribution in [0.1, 0.15) is 19.4 Å². The van der Waals surface area contributed by atoms with Crippen LogP contribution in [0.3, 0.4) is 0 Å².